The van der Waals surface area contributed by atoms with Gasteiger partial charge in [-0.05, 0) is 90.4 Å². The summed E-state index contributed by atoms with van der Waals surface area (Å²) in [5, 5.41) is 1.22. The molecule has 0 saturated carbocycles. The van der Waals surface area contributed by atoms with E-state index in [9.17, 15) is 0 Å². The van der Waals surface area contributed by atoms with Gasteiger partial charge in [0, 0.05) is 16.4 Å². The molecule has 4 aromatic carbocycles. The number of nitrogens with zero attached hydrogens (tertiary/aromatic N) is 1. The molecule has 1 aliphatic carbocycles. The van der Waals surface area contributed by atoms with Gasteiger partial charge in [-0.1, -0.05) is 85.6 Å². The average molecular weight is 454 g/mol. The predicted molar refractivity (Wildman–Crippen MR) is 149 cm³/mol. The first-order valence-corrected chi connectivity index (χ1v) is 12.8. The monoisotopic (exact) mass is 453 g/mol. The van der Waals surface area contributed by atoms with Crippen molar-refractivity contribution in [2.45, 2.75) is 46.0 Å². The summed E-state index contributed by atoms with van der Waals surface area (Å²) in [6.45, 7) is 8.98. The maximum absolute atomic E-state index is 5.29. The van der Waals surface area contributed by atoms with E-state index in [2.05, 4.69) is 119 Å². The Labute approximate surface area is 208 Å². The highest BCUT2D eigenvalue weighted by atomic mass is 14.7. The topological polar surface area (TPSA) is 12.9 Å². The molecule has 6 rings (SSSR count). The molecular formula is C34H31N. The van der Waals surface area contributed by atoms with E-state index in [0.29, 0.717) is 0 Å². The predicted octanol–water partition coefficient (Wildman–Crippen LogP) is 9.27. The van der Waals surface area contributed by atoms with E-state index in [4.69, 9.17) is 4.98 Å². The Morgan fingerprint density at radius 2 is 1.29 bits per heavy atom. The van der Waals surface area contributed by atoms with E-state index in [1.807, 2.05) is 0 Å². The molecule has 0 atom stereocenters. The molecule has 0 radical (unpaired) electrons. The lowest BCUT2D eigenvalue weighted by atomic mass is 9.73. The lowest BCUT2D eigenvalue weighted by molar-refractivity contribution is 0.491. The van der Waals surface area contributed by atoms with Crippen molar-refractivity contribution in [1.82, 2.24) is 4.98 Å². The first-order chi connectivity index (χ1) is 17.0. The summed E-state index contributed by atoms with van der Waals surface area (Å²) >= 11 is 0. The van der Waals surface area contributed by atoms with Crippen molar-refractivity contribution in [3.05, 3.63) is 113 Å². The molecule has 0 bridgehead atoms. The number of hydrogen-bond acceptors (Lipinski definition) is 1. The van der Waals surface area contributed by atoms with Crippen LogP contribution in [-0.2, 0) is 5.41 Å². The molecule has 0 N–H and O–H groups in total. The van der Waals surface area contributed by atoms with E-state index in [1.165, 1.54) is 55.5 Å². The van der Waals surface area contributed by atoms with Gasteiger partial charge in [0.05, 0.1) is 11.2 Å². The van der Waals surface area contributed by atoms with E-state index in [-0.39, 0.29) is 5.41 Å². The Kier molecular flexibility index (Phi) is 5.11. The van der Waals surface area contributed by atoms with Gasteiger partial charge in [0.1, 0.15) is 0 Å². The van der Waals surface area contributed by atoms with Crippen LogP contribution in [0.3, 0.4) is 0 Å². The normalized spacial score (nSPS) is 13.6. The number of aryl methyl sites for hydroxylation is 2. The standard InChI is InChI=1S/C34H31N/c1-5-34(6-2)30-15-11-10-14-26(30)28-19-29-27(24-12-8-7-9-13-24)20-32(35-33(29)21-31(28)34)25-17-22(3)16-23(4)18-25/h7-21H,5-6H2,1-4H3. The number of pyridine rings is 1. The zero-order chi connectivity index (χ0) is 24.2. The van der Waals surface area contributed by atoms with Crippen LogP contribution in [0.25, 0.3) is 44.4 Å². The van der Waals surface area contributed by atoms with Crippen LogP contribution in [0, 0.1) is 13.8 Å². The maximum atomic E-state index is 5.29. The Morgan fingerprint density at radius 3 is 2.00 bits per heavy atom. The molecule has 1 aliphatic rings. The zero-order valence-electron chi connectivity index (χ0n) is 21.0. The molecule has 0 unspecified atom stereocenters. The summed E-state index contributed by atoms with van der Waals surface area (Å²) in [6.07, 6.45) is 2.17. The quantitative estimate of drug-likeness (QED) is 0.264. The van der Waals surface area contributed by atoms with Gasteiger partial charge in [0.15, 0.2) is 0 Å². The summed E-state index contributed by atoms with van der Waals surface area (Å²) in [7, 11) is 0. The molecule has 0 spiro atoms. The Morgan fingerprint density at radius 1 is 0.600 bits per heavy atom. The molecule has 1 heteroatoms. The van der Waals surface area contributed by atoms with E-state index >= 15 is 0 Å². The molecular weight excluding hydrogens is 422 g/mol. The summed E-state index contributed by atoms with van der Waals surface area (Å²) < 4.78 is 0. The fourth-order valence-electron chi connectivity index (χ4n) is 6.31. The van der Waals surface area contributed by atoms with Crippen molar-refractivity contribution in [3.8, 4) is 33.5 Å². The largest absolute Gasteiger partial charge is 0.248 e. The second-order valence-corrected chi connectivity index (χ2v) is 10.0. The molecule has 5 aromatic rings. The van der Waals surface area contributed by atoms with Crippen LogP contribution >= 0.6 is 0 Å². The molecule has 0 aliphatic heterocycles. The van der Waals surface area contributed by atoms with Gasteiger partial charge >= 0.3 is 0 Å². The molecule has 35 heavy (non-hydrogen) atoms. The summed E-state index contributed by atoms with van der Waals surface area (Å²) in [5.41, 5.74) is 14.0. The molecule has 0 saturated heterocycles. The molecule has 1 heterocycles. The van der Waals surface area contributed by atoms with E-state index in [1.54, 1.807) is 0 Å². The maximum Gasteiger partial charge on any atom is 0.0719 e. The van der Waals surface area contributed by atoms with Crippen molar-refractivity contribution >= 4 is 10.9 Å². The number of rotatable bonds is 4. The highest BCUT2D eigenvalue weighted by Gasteiger charge is 2.40. The molecule has 0 amide bonds. The number of aromatic nitrogens is 1. The zero-order valence-corrected chi connectivity index (χ0v) is 21.0. The third-order valence-electron chi connectivity index (χ3n) is 8.01. The Balaban J connectivity index is 1.70. The fourth-order valence-corrected chi connectivity index (χ4v) is 6.31. The second-order valence-electron chi connectivity index (χ2n) is 10.0. The van der Waals surface area contributed by atoms with Crippen LogP contribution in [0.15, 0.2) is 91.0 Å². The van der Waals surface area contributed by atoms with Gasteiger partial charge in [0.25, 0.3) is 0 Å². The van der Waals surface area contributed by atoms with E-state index < -0.39 is 0 Å². The number of hydrogen-bond donors (Lipinski definition) is 0. The SMILES string of the molecule is CCC1(CC)c2ccccc2-c2cc3c(-c4ccccc4)cc(-c4cc(C)cc(C)c4)nc3cc21. The number of benzene rings is 4. The van der Waals surface area contributed by atoms with E-state index in [0.717, 1.165) is 24.1 Å². The molecule has 0 fully saturated rings. The second kappa shape index (κ2) is 8.20. The molecule has 1 aromatic heterocycles. The Hall–Kier alpha value is -3.71. The van der Waals surface area contributed by atoms with Crippen molar-refractivity contribution in [2.24, 2.45) is 0 Å². The van der Waals surface area contributed by atoms with Crippen molar-refractivity contribution in [3.63, 3.8) is 0 Å². The molecule has 1 nitrogen and oxygen atoms in total. The van der Waals surface area contributed by atoms with Gasteiger partial charge in [0.2, 0.25) is 0 Å². The van der Waals surface area contributed by atoms with Gasteiger partial charge in [-0.15, -0.1) is 0 Å². The minimum absolute atomic E-state index is 0.0463. The highest BCUT2D eigenvalue weighted by molar-refractivity contribution is 6.01. The lowest BCUT2D eigenvalue weighted by Crippen LogP contribution is -2.23. The van der Waals surface area contributed by atoms with Gasteiger partial charge in [-0.2, -0.15) is 0 Å². The van der Waals surface area contributed by atoms with Crippen molar-refractivity contribution < 1.29 is 0 Å². The third-order valence-corrected chi connectivity index (χ3v) is 8.01. The van der Waals surface area contributed by atoms with Crippen LogP contribution in [0.1, 0.15) is 48.9 Å². The van der Waals surface area contributed by atoms with Crippen molar-refractivity contribution in [2.75, 3.05) is 0 Å². The fraction of sp³-hybridized carbons (Fsp3) is 0.206. The minimum atomic E-state index is 0.0463. The van der Waals surface area contributed by atoms with Crippen LogP contribution < -0.4 is 0 Å². The van der Waals surface area contributed by atoms with Crippen LogP contribution in [0.2, 0.25) is 0 Å². The highest BCUT2D eigenvalue weighted by Crippen LogP contribution is 2.54. The number of fused-ring (bicyclic) bond motifs is 4. The van der Waals surface area contributed by atoms with Crippen LogP contribution in [0.5, 0.6) is 0 Å². The van der Waals surface area contributed by atoms with Crippen LogP contribution in [0.4, 0.5) is 0 Å². The molecule has 172 valence electrons. The first-order valence-electron chi connectivity index (χ1n) is 12.8. The van der Waals surface area contributed by atoms with Gasteiger partial charge in [-0.25, -0.2) is 4.98 Å². The average Bonchev–Trinajstić information content (AvgIpc) is 3.16. The minimum Gasteiger partial charge on any atom is -0.248 e. The smallest absolute Gasteiger partial charge is 0.0719 e. The summed E-state index contributed by atoms with van der Waals surface area (Å²) in [5.74, 6) is 0. The summed E-state index contributed by atoms with van der Waals surface area (Å²) in [6, 6.07) is 33.6. The lowest BCUT2D eigenvalue weighted by Gasteiger charge is -2.29. The van der Waals surface area contributed by atoms with Gasteiger partial charge in [-0.3, -0.25) is 0 Å². The summed E-state index contributed by atoms with van der Waals surface area (Å²) in [4.78, 5) is 5.29. The Bertz CT molecular complexity index is 1550. The third kappa shape index (κ3) is 3.33. The van der Waals surface area contributed by atoms with Gasteiger partial charge < -0.3 is 0 Å². The van der Waals surface area contributed by atoms with Crippen LogP contribution in [-0.4, -0.2) is 4.98 Å². The van der Waals surface area contributed by atoms with Crippen molar-refractivity contribution in [1.29, 1.82) is 0 Å². The first kappa shape index (κ1) is 21.8.